The number of rotatable bonds is 9. The second kappa shape index (κ2) is 8.82. The first-order valence-electron chi connectivity index (χ1n) is 5.92. The molecule has 0 aromatic carbocycles. The number of hydrogen-bond acceptors (Lipinski definition) is 2. The molecule has 4 heteroatoms. The van der Waals surface area contributed by atoms with Gasteiger partial charge in [-0.25, -0.2) is 0 Å². The number of hydrogen-bond donors (Lipinski definition) is 1. The molecule has 0 saturated carbocycles. The van der Waals surface area contributed by atoms with Crippen molar-refractivity contribution in [2.75, 3.05) is 25.6 Å². The predicted molar refractivity (Wildman–Crippen MR) is 67.9 cm³/mol. The highest BCUT2D eigenvalue weighted by molar-refractivity contribution is 6.17. The molecule has 1 N–H and O–H groups in total. The van der Waals surface area contributed by atoms with Crippen LogP contribution in [0.25, 0.3) is 0 Å². The summed E-state index contributed by atoms with van der Waals surface area (Å²) in [5.74, 6) is 0.643. The molecule has 0 aromatic rings. The van der Waals surface area contributed by atoms with Crippen LogP contribution in [0.3, 0.4) is 0 Å². The Bertz CT molecular complexity index is 195. The van der Waals surface area contributed by atoms with Gasteiger partial charge in [-0.05, 0) is 24.7 Å². The van der Waals surface area contributed by atoms with E-state index in [2.05, 4.69) is 19.2 Å². The third kappa shape index (κ3) is 8.98. The van der Waals surface area contributed by atoms with Gasteiger partial charge in [0.1, 0.15) is 6.61 Å². The zero-order valence-corrected chi connectivity index (χ0v) is 11.4. The summed E-state index contributed by atoms with van der Waals surface area (Å²) in [6.45, 7) is 7.77. The molecule has 0 aliphatic carbocycles. The van der Waals surface area contributed by atoms with E-state index in [0.29, 0.717) is 19.0 Å². The first-order chi connectivity index (χ1) is 7.52. The fourth-order valence-corrected chi connectivity index (χ4v) is 1.47. The van der Waals surface area contributed by atoms with Gasteiger partial charge < -0.3 is 10.1 Å². The van der Waals surface area contributed by atoms with Crippen LogP contribution in [0.5, 0.6) is 0 Å². The fraction of sp³-hybridized carbons (Fsp3) is 0.917. The normalized spacial score (nSPS) is 11.5. The minimum absolute atomic E-state index is 0.0348. The Hall–Kier alpha value is -0.280. The molecule has 0 spiro atoms. The first kappa shape index (κ1) is 15.7. The molecule has 0 heterocycles. The Balaban J connectivity index is 3.64. The molecule has 0 aliphatic heterocycles. The van der Waals surface area contributed by atoms with E-state index >= 15 is 0 Å². The molecule has 0 saturated heterocycles. The van der Waals surface area contributed by atoms with E-state index in [-0.39, 0.29) is 17.9 Å². The maximum absolute atomic E-state index is 11.4. The summed E-state index contributed by atoms with van der Waals surface area (Å²) >= 11 is 5.65. The molecule has 0 unspecified atom stereocenters. The Labute approximate surface area is 104 Å². The van der Waals surface area contributed by atoms with Crippen molar-refractivity contribution in [3.8, 4) is 0 Å². The zero-order valence-electron chi connectivity index (χ0n) is 10.6. The van der Waals surface area contributed by atoms with Crippen LogP contribution < -0.4 is 5.32 Å². The number of ether oxygens (including phenoxy) is 1. The summed E-state index contributed by atoms with van der Waals surface area (Å²) in [5, 5.41) is 2.88. The molecular weight excluding hydrogens is 226 g/mol. The smallest absolute Gasteiger partial charge is 0.246 e. The predicted octanol–water partition coefficient (Wildman–Crippen LogP) is 2.57. The summed E-state index contributed by atoms with van der Waals surface area (Å²) < 4.78 is 5.16. The second-order valence-electron chi connectivity index (χ2n) is 4.79. The number of amides is 1. The SMILES string of the molecule is CCCOCC(=O)NCC(C)(C)CCCCl. The van der Waals surface area contributed by atoms with Crippen molar-refractivity contribution in [2.45, 2.75) is 40.0 Å². The number of alkyl halides is 1. The molecule has 1 amide bonds. The van der Waals surface area contributed by atoms with Crippen LogP contribution >= 0.6 is 11.6 Å². The van der Waals surface area contributed by atoms with E-state index in [0.717, 1.165) is 19.3 Å². The number of carbonyl (C=O) groups is 1. The average Bonchev–Trinajstić information content (AvgIpc) is 2.24. The average molecular weight is 250 g/mol. The van der Waals surface area contributed by atoms with Gasteiger partial charge in [0.2, 0.25) is 5.91 Å². The lowest BCUT2D eigenvalue weighted by atomic mass is 9.88. The molecule has 16 heavy (non-hydrogen) atoms. The van der Waals surface area contributed by atoms with Crippen molar-refractivity contribution in [3.63, 3.8) is 0 Å². The third-order valence-electron chi connectivity index (χ3n) is 2.33. The quantitative estimate of drug-likeness (QED) is 0.504. The second-order valence-corrected chi connectivity index (χ2v) is 5.16. The minimum Gasteiger partial charge on any atom is -0.372 e. The highest BCUT2D eigenvalue weighted by Crippen LogP contribution is 2.21. The lowest BCUT2D eigenvalue weighted by Gasteiger charge is -2.24. The third-order valence-corrected chi connectivity index (χ3v) is 2.60. The van der Waals surface area contributed by atoms with Gasteiger partial charge >= 0.3 is 0 Å². The lowest BCUT2D eigenvalue weighted by molar-refractivity contribution is -0.126. The maximum Gasteiger partial charge on any atom is 0.246 e. The highest BCUT2D eigenvalue weighted by atomic mass is 35.5. The molecule has 0 rings (SSSR count). The van der Waals surface area contributed by atoms with Crippen LogP contribution in [0.1, 0.15) is 40.0 Å². The minimum atomic E-state index is -0.0348. The Kier molecular flexibility index (Phi) is 8.67. The van der Waals surface area contributed by atoms with E-state index in [9.17, 15) is 4.79 Å². The van der Waals surface area contributed by atoms with Crippen molar-refractivity contribution in [1.29, 1.82) is 0 Å². The number of halogens is 1. The summed E-state index contributed by atoms with van der Waals surface area (Å²) in [6.07, 6.45) is 2.94. The Morgan fingerprint density at radius 2 is 2.12 bits per heavy atom. The molecule has 0 fully saturated rings. The van der Waals surface area contributed by atoms with E-state index < -0.39 is 0 Å². The molecule has 0 aliphatic rings. The Morgan fingerprint density at radius 3 is 2.69 bits per heavy atom. The summed E-state index contributed by atoms with van der Waals surface area (Å²) in [5.41, 5.74) is 0.106. The van der Waals surface area contributed by atoms with Crippen molar-refractivity contribution in [3.05, 3.63) is 0 Å². The van der Waals surface area contributed by atoms with E-state index in [1.807, 2.05) is 6.92 Å². The van der Waals surface area contributed by atoms with Crippen LogP contribution in [0.15, 0.2) is 0 Å². The molecule has 0 radical (unpaired) electrons. The van der Waals surface area contributed by atoms with Gasteiger partial charge in [0.25, 0.3) is 0 Å². The monoisotopic (exact) mass is 249 g/mol. The van der Waals surface area contributed by atoms with Crippen molar-refractivity contribution in [2.24, 2.45) is 5.41 Å². The molecule has 0 atom stereocenters. The molecule has 0 aromatic heterocycles. The topological polar surface area (TPSA) is 38.3 Å². The van der Waals surface area contributed by atoms with Gasteiger partial charge in [0.05, 0.1) is 0 Å². The van der Waals surface area contributed by atoms with Gasteiger partial charge in [-0.1, -0.05) is 20.8 Å². The number of carbonyl (C=O) groups excluding carboxylic acids is 1. The van der Waals surface area contributed by atoms with Crippen LogP contribution in [-0.4, -0.2) is 31.5 Å². The first-order valence-corrected chi connectivity index (χ1v) is 6.45. The van der Waals surface area contributed by atoms with Gasteiger partial charge in [-0.15, -0.1) is 11.6 Å². The van der Waals surface area contributed by atoms with E-state index in [1.165, 1.54) is 0 Å². The fourth-order valence-electron chi connectivity index (χ4n) is 1.33. The van der Waals surface area contributed by atoms with Crippen molar-refractivity contribution >= 4 is 17.5 Å². The molecule has 3 nitrogen and oxygen atoms in total. The standard InChI is InChI=1S/C12H24ClNO2/c1-4-8-16-9-11(15)14-10-12(2,3)6-5-7-13/h4-10H2,1-3H3,(H,14,15). The largest absolute Gasteiger partial charge is 0.372 e. The van der Waals surface area contributed by atoms with Gasteiger partial charge in [-0.3, -0.25) is 4.79 Å². The Morgan fingerprint density at radius 1 is 1.44 bits per heavy atom. The summed E-state index contributed by atoms with van der Waals surface area (Å²) in [6, 6.07) is 0. The summed E-state index contributed by atoms with van der Waals surface area (Å²) in [4.78, 5) is 11.4. The van der Waals surface area contributed by atoms with Crippen molar-refractivity contribution in [1.82, 2.24) is 5.32 Å². The maximum atomic E-state index is 11.4. The molecular formula is C12H24ClNO2. The van der Waals surface area contributed by atoms with Crippen LogP contribution in [0.2, 0.25) is 0 Å². The van der Waals surface area contributed by atoms with E-state index in [4.69, 9.17) is 16.3 Å². The van der Waals surface area contributed by atoms with E-state index in [1.54, 1.807) is 0 Å². The van der Waals surface area contributed by atoms with Gasteiger partial charge in [0.15, 0.2) is 0 Å². The summed E-state index contributed by atoms with van der Waals surface area (Å²) in [7, 11) is 0. The molecule has 96 valence electrons. The molecule has 0 bridgehead atoms. The van der Waals surface area contributed by atoms with Gasteiger partial charge in [-0.2, -0.15) is 0 Å². The highest BCUT2D eigenvalue weighted by Gasteiger charge is 2.18. The van der Waals surface area contributed by atoms with Crippen LogP contribution in [0.4, 0.5) is 0 Å². The van der Waals surface area contributed by atoms with Crippen molar-refractivity contribution < 1.29 is 9.53 Å². The van der Waals surface area contributed by atoms with Crippen LogP contribution in [0, 0.1) is 5.41 Å². The lowest BCUT2D eigenvalue weighted by Crippen LogP contribution is -2.36. The zero-order chi connectivity index (χ0) is 12.4. The van der Waals surface area contributed by atoms with Gasteiger partial charge in [0, 0.05) is 19.0 Å². The van der Waals surface area contributed by atoms with Crippen LogP contribution in [-0.2, 0) is 9.53 Å². The number of nitrogens with one attached hydrogen (secondary N) is 1.